The zero-order valence-corrected chi connectivity index (χ0v) is 29.6. The lowest BCUT2D eigenvalue weighted by Gasteiger charge is -2.14. The molecule has 0 radical (unpaired) electrons. The van der Waals surface area contributed by atoms with E-state index < -0.39 is 0 Å². The van der Waals surface area contributed by atoms with Crippen molar-refractivity contribution in [3.63, 3.8) is 0 Å². The molecule has 0 bridgehead atoms. The van der Waals surface area contributed by atoms with Crippen LogP contribution in [-0.2, 0) is 25.7 Å². The molecule has 0 unspecified atom stereocenters. The van der Waals surface area contributed by atoms with Gasteiger partial charge in [0.25, 0.3) is 0 Å². The number of hydrogen-bond donors (Lipinski definition) is 0. The van der Waals surface area contributed by atoms with Crippen molar-refractivity contribution in [1.82, 2.24) is 0 Å². The number of benzene rings is 7. The second-order valence-electron chi connectivity index (χ2n) is 13.3. The Labute approximate surface area is 316 Å². The summed E-state index contributed by atoms with van der Waals surface area (Å²) in [5.74, 6) is 0. The summed E-state index contributed by atoms with van der Waals surface area (Å²) in [5.41, 5.74) is 16.9. The van der Waals surface area contributed by atoms with Crippen LogP contribution in [0.2, 0.25) is 0 Å². The van der Waals surface area contributed by atoms with Gasteiger partial charge in [-0.3, -0.25) is 0 Å². The molecule has 0 aliphatic rings. The fourth-order valence-corrected chi connectivity index (χ4v) is 6.74. The third-order valence-corrected chi connectivity index (χ3v) is 9.70. The van der Waals surface area contributed by atoms with Crippen LogP contribution < -0.4 is 0 Å². The molecule has 4 heteroatoms. The van der Waals surface area contributed by atoms with Crippen molar-refractivity contribution < 1.29 is 0 Å². The normalized spacial score (nSPS) is 10.4. The lowest BCUT2D eigenvalue weighted by atomic mass is 9.90. The quantitative estimate of drug-likeness (QED) is 0.143. The highest BCUT2D eigenvalue weighted by molar-refractivity contribution is 5.84. The van der Waals surface area contributed by atoms with E-state index in [0.717, 1.165) is 89.0 Å². The van der Waals surface area contributed by atoms with Crippen molar-refractivity contribution in [2.45, 2.75) is 25.7 Å². The summed E-state index contributed by atoms with van der Waals surface area (Å²) < 4.78 is 0. The monoisotopic (exact) mass is 690 g/mol. The minimum atomic E-state index is 0.376. The minimum Gasteiger partial charge on any atom is -0.198 e. The Balaban J connectivity index is 1.28. The maximum atomic E-state index is 9.17. The van der Waals surface area contributed by atoms with Crippen LogP contribution in [0.4, 0.5) is 0 Å². The van der Waals surface area contributed by atoms with E-state index in [-0.39, 0.29) is 0 Å². The predicted molar refractivity (Wildman–Crippen MR) is 216 cm³/mol. The minimum absolute atomic E-state index is 0.376. The molecule has 0 fully saturated rings. The summed E-state index contributed by atoms with van der Waals surface area (Å²) in [5, 5.41) is 36.7. The first-order chi connectivity index (χ1) is 26.5. The topological polar surface area (TPSA) is 95.2 Å². The molecule has 0 aromatic heterocycles. The standard InChI is InChI=1S/C50H34N4/c51-25-21-35-1-9-39(10-2-35)45-29-46(40-11-3-36(4-12-40)22-26-52)32-49(31-45)43-17-19-44(20-18-43)50-33-47(41-13-5-37(6-14-41)23-27-53)30-48(34-50)42-15-7-38(8-16-42)24-28-54/h1-20,29-34H,21-24H2. The Kier molecular flexibility index (Phi) is 10.5. The van der Waals surface area contributed by atoms with E-state index in [9.17, 15) is 21.0 Å². The lowest BCUT2D eigenvalue weighted by molar-refractivity contribution is 1.26. The Hall–Kier alpha value is -7.50. The van der Waals surface area contributed by atoms with Gasteiger partial charge in [-0.25, -0.2) is 0 Å². The van der Waals surface area contributed by atoms with Crippen LogP contribution in [0.5, 0.6) is 0 Å². The molecule has 0 saturated carbocycles. The fourth-order valence-electron chi connectivity index (χ4n) is 6.74. The summed E-state index contributed by atoms with van der Waals surface area (Å²) in [7, 11) is 0. The number of rotatable bonds is 10. The van der Waals surface area contributed by atoms with E-state index in [1.165, 1.54) is 0 Å². The van der Waals surface area contributed by atoms with Crippen molar-refractivity contribution in [1.29, 1.82) is 21.0 Å². The van der Waals surface area contributed by atoms with Crippen LogP contribution in [0.3, 0.4) is 0 Å². The molecular formula is C50H34N4. The van der Waals surface area contributed by atoms with Gasteiger partial charge in [0, 0.05) is 0 Å². The van der Waals surface area contributed by atoms with Crippen LogP contribution >= 0.6 is 0 Å². The highest BCUT2D eigenvalue weighted by Gasteiger charge is 2.12. The van der Waals surface area contributed by atoms with E-state index in [0.29, 0.717) is 25.7 Å². The van der Waals surface area contributed by atoms with Crippen molar-refractivity contribution in [2.24, 2.45) is 0 Å². The highest BCUT2D eigenvalue weighted by Crippen LogP contribution is 2.37. The zero-order valence-electron chi connectivity index (χ0n) is 29.6. The smallest absolute Gasteiger partial charge is 0.0669 e. The molecule has 0 amide bonds. The Morgan fingerprint density at radius 1 is 0.222 bits per heavy atom. The zero-order chi connectivity index (χ0) is 37.3. The number of hydrogen-bond acceptors (Lipinski definition) is 4. The van der Waals surface area contributed by atoms with Gasteiger partial charge < -0.3 is 0 Å². The molecule has 254 valence electrons. The largest absolute Gasteiger partial charge is 0.198 e. The molecule has 0 aliphatic carbocycles. The Morgan fingerprint density at radius 3 is 0.519 bits per heavy atom. The second-order valence-corrected chi connectivity index (χ2v) is 13.3. The van der Waals surface area contributed by atoms with E-state index in [1.54, 1.807) is 0 Å². The van der Waals surface area contributed by atoms with Gasteiger partial charge in [0.1, 0.15) is 0 Å². The first-order valence-electron chi connectivity index (χ1n) is 17.8. The molecule has 0 heterocycles. The van der Waals surface area contributed by atoms with Crippen LogP contribution in [0.1, 0.15) is 22.3 Å². The fraction of sp³-hybridized carbons (Fsp3) is 0.0800. The molecule has 54 heavy (non-hydrogen) atoms. The van der Waals surface area contributed by atoms with Crippen molar-refractivity contribution in [3.8, 4) is 91.0 Å². The first kappa shape index (κ1) is 34.9. The summed E-state index contributed by atoms with van der Waals surface area (Å²) in [4.78, 5) is 0. The third kappa shape index (κ3) is 8.01. The summed E-state index contributed by atoms with van der Waals surface area (Å²) in [6.07, 6.45) is 1.50. The summed E-state index contributed by atoms with van der Waals surface area (Å²) in [6.45, 7) is 0. The van der Waals surface area contributed by atoms with E-state index in [2.05, 4.69) is 133 Å². The molecule has 0 saturated heterocycles. The molecule has 4 nitrogen and oxygen atoms in total. The highest BCUT2D eigenvalue weighted by atomic mass is 14.2. The molecule has 7 aromatic carbocycles. The maximum absolute atomic E-state index is 9.17. The number of nitriles is 4. The Morgan fingerprint density at radius 2 is 0.370 bits per heavy atom. The van der Waals surface area contributed by atoms with Crippen molar-refractivity contribution >= 4 is 0 Å². The van der Waals surface area contributed by atoms with Gasteiger partial charge >= 0.3 is 0 Å². The average Bonchev–Trinajstić information content (AvgIpc) is 3.22. The van der Waals surface area contributed by atoms with Gasteiger partial charge in [-0.15, -0.1) is 0 Å². The molecule has 0 N–H and O–H groups in total. The van der Waals surface area contributed by atoms with Gasteiger partial charge in [0.05, 0.1) is 50.0 Å². The molecular weight excluding hydrogens is 657 g/mol. The van der Waals surface area contributed by atoms with E-state index >= 15 is 0 Å². The van der Waals surface area contributed by atoms with Gasteiger partial charge in [-0.05, 0) is 125 Å². The van der Waals surface area contributed by atoms with Gasteiger partial charge in [0.15, 0.2) is 0 Å². The second kappa shape index (κ2) is 16.2. The van der Waals surface area contributed by atoms with Crippen molar-refractivity contribution in [3.05, 3.63) is 180 Å². The van der Waals surface area contributed by atoms with E-state index in [1.807, 2.05) is 48.5 Å². The van der Waals surface area contributed by atoms with Gasteiger partial charge in [-0.2, -0.15) is 21.0 Å². The molecule has 7 rings (SSSR count). The van der Waals surface area contributed by atoms with E-state index in [4.69, 9.17) is 0 Å². The van der Waals surface area contributed by atoms with Crippen LogP contribution in [0.25, 0.3) is 66.8 Å². The maximum Gasteiger partial charge on any atom is 0.0669 e. The number of nitrogens with zero attached hydrogens (tertiary/aromatic N) is 4. The SMILES string of the molecule is N#CCc1ccc(-c2cc(-c3ccc(CC#N)cc3)cc(-c3ccc(-c4cc(-c5ccc(CC#N)cc5)cc(-c5ccc(CC#N)cc5)c4)cc3)c2)cc1. The summed E-state index contributed by atoms with van der Waals surface area (Å²) >= 11 is 0. The predicted octanol–water partition coefficient (Wildman–Crippen LogP) is 12.0. The van der Waals surface area contributed by atoms with Crippen molar-refractivity contribution in [2.75, 3.05) is 0 Å². The average molecular weight is 691 g/mol. The summed E-state index contributed by atoms with van der Waals surface area (Å²) in [6, 6.07) is 63.6. The lowest BCUT2D eigenvalue weighted by Crippen LogP contribution is -1.89. The van der Waals surface area contributed by atoms with Gasteiger partial charge in [0.2, 0.25) is 0 Å². The van der Waals surface area contributed by atoms with Crippen LogP contribution in [0.15, 0.2) is 158 Å². The third-order valence-electron chi connectivity index (χ3n) is 9.70. The molecule has 0 atom stereocenters. The van der Waals surface area contributed by atoms with Gasteiger partial charge in [-0.1, -0.05) is 121 Å². The first-order valence-corrected chi connectivity index (χ1v) is 17.8. The molecule has 7 aromatic rings. The Bertz CT molecular complexity index is 2250. The van der Waals surface area contributed by atoms with Crippen LogP contribution in [0, 0.1) is 45.3 Å². The molecule has 0 aliphatic heterocycles. The molecule has 0 spiro atoms. The van der Waals surface area contributed by atoms with Crippen LogP contribution in [-0.4, -0.2) is 0 Å².